The van der Waals surface area contributed by atoms with Gasteiger partial charge in [-0.05, 0) is 18.1 Å². The van der Waals surface area contributed by atoms with Gasteiger partial charge in [-0.2, -0.15) is 0 Å². The van der Waals surface area contributed by atoms with Crippen LogP contribution in [0.25, 0.3) is 0 Å². The van der Waals surface area contributed by atoms with E-state index >= 15 is 0 Å². The zero-order chi connectivity index (χ0) is 11.2. The van der Waals surface area contributed by atoms with E-state index in [0.717, 1.165) is 30.9 Å². The number of rotatable bonds is 5. The number of nitrogens with zero attached hydrogens (tertiary/aromatic N) is 2. The molecule has 2 aromatic rings. The number of aromatic amines is 1. The Labute approximate surface area is 95.1 Å². The second-order valence-corrected chi connectivity index (χ2v) is 3.64. The smallest absolute Gasteiger partial charge is 0.0922 e. The van der Waals surface area contributed by atoms with Crippen LogP contribution in [-0.2, 0) is 19.5 Å². The molecule has 4 nitrogen and oxygen atoms in total. The Bertz CT molecular complexity index is 422. The summed E-state index contributed by atoms with van der Waals surface area (Å²) in [7, 11) is 0. The molecule has 0 aliphatic heterocycles. The molecule has 0 spiro atoms. The molecule has 0 saturated heterocycles. The first-order chi connectivity index (χ1) is 7.90. The summed E-state index contributed by atoms with van der Waals surface area (Å²) in [4.78, 5) is 11.4. The van der Waals surface area contributed by atoms with Crippen LogP contribution in [0.1, 0.15) is 23.9 Å². The van der Waals surface area contributed by atoms with Gasteiger partial charge in [0, 0.05) is 31.2 Å². The molecule has 2 aromatic heterocycles. The molecule has 4 heteroatoms. The monoisotopic (exact) mass is 216 g/mol. The number of aryl methyl sites for hydroxylation is 1. The second-order valence-electron chi connectivity index (χ2n) is 3.64. The van der Waals surface area contributed by atoms with E-state index in [0.29, 0.717) is 0 Å². The SMILES string of the molecule is CCc1cccnc1CNCc1cnc[nH]1. The lowest BCUT2D eigenvalue weighted by molar-refractivity contribution is 0.664. The first-order valence-corrected chi connectivity index (χ1v) is 5.51. The summed E-state index contributed by atoms with van der Waals surface area (Å²) in [5.41, 5.74) is 3.53. The standard InChI is InChI=1S/C12H16N4/c1-2-10-4-3-5-15-12(10)8-13-6-11-7-14-9-16-11/h3-5,7,9,13H,2,6,8H2,1H3,(H,14,16). The Morgan fingerprint density at radius 3 is 3.06 bits per heavy atom. The topological polar surface area (TPSA) is 53.6 Å². The van der Waals surface area contributed by atoms with E-state index in [1.165, 1.54) is 5.56 Å². The summed E-state index contributed by atoms with van der Waals surface area (Å²) in [6, 6.07) is 4.11. The van der Waals surface area contributed by atoms with Crippen molar-refractivity contribution in [2.45, 2.75) is 26.4 Å². The molecule has 2 N–H and O–H groups in total. The molecule has 0 bridgehead atoms. The van der Waals surface area contributed by atoms with Gasteiger partial charge in [0.25, 0.3) is 0 Å². The number of nitrogens with one attached hydrogen (secondary N) is 2. The van der Waals surface area contributed by atoms with Crippen molar-refractivity contribution in [3.8, 4) is 0 Å². The highest BCUT2D eigenvalue weighted by molar-refractivity contribution is 5.19. The second kappa shape index (κ2) is 5.42. The Hall–Kier alpha value is -1.68. The molecule has 0 aliphatic carbocycles. The highest BCUT2D eigenvalue weighted by Crippen LogP contribution is 2.05. The largest absolute Gasteiger partial charge is 0.347 e. The van der Waals surface area contributed by atoms with E-state index in [4.69, 9.17) is 0 Å². The van der Waals surface area contributed by atoms with Crippen LogP contribution in [0.4, 0.5) is 0 Å². The molecule has 0 saturated carbocycles. The van der Waals surface area contributed by atoms with Gasteiger partial charge in [-0.3, -0.25) is 4.98 Å². The third-order valence-electron chi connectivity index (χ3n) is 2.53. The Morgan fingerprint density at radius 1 is 1.38 bits per heavy atom. The van der Waals surface area contributed by atoms with Crippen molar-refractivity contribution in [3.05, 3.63) is 47.8 Å². The highest BCUT2D eigenvalue weighted by Gasteiger charge is 2.00. The van der Waals surface area contributed by atoms with Crippen molar-refractivity contribution >= 4 is 0 Å². The van der Waals surface area contributed by atoms with Crippen LogP contribution in [0.5, 0.6) is 0 Å². The Morgan fingerprint density at radius 2 is 2.31 bits per heavy atom. The van der Waals surface area contributed by atoms with E-state index in [-0.39, 0.29) is 0 Å². The average Bonchev–Trinajstić information content (AvgIpc) is 2.83. The lowest BCUT2D eigenvalue weighted by Gasteiger charge is -2.07. The number of hydrogen-bond donors (Lipinski definition) is 2. The first-order valence-electron chi connectivity index (χ1n) is 5.51. The summed E-state index contributed by atoms with van der Waals surface area (Å²) >= 11 is 0. The van der Waals surface area contributed by atoms with Gasteiger partial charge in [-0.15, -0.1) is 0 Å². The molecule has 16 heavy (non-hydrogen) atoms. The lowest BCUT2D eigenvalue weighted by Crippen LogP contribution is -2.15. The van der Waals surface area contributed by atoms with Crippen LogP contribution in [-0.4, -0.2) is 15.0 Å². The molecule has 2 rings (SSSR count). The van der Waals surface area contributed by atoms with Crippen molar-refractivity contribution in [2.75, 3.05) is 0 Å². The van der Waals surface area contributed by atoms with Gasteiger partial charge < -0.3 is 10.3 Å². The zero-order valence-corrected chi connectivity index (χ0v) is 9.40. The minimum atomic E-state index is 0.791. The first kappa shape index (κ1) is 10.8. The van der Waals surface area contributed by atoms with Gasteiger partial charge in [0.15, 0.2) is 0 Å². The van der Waals surface area contributed by atoms with E-state index in [1.54, 1.807) is 6.33 Å². The predicted molar refractivity (Wildman–Crippen MR) is 62.7 cm³/mol. The van der Waals surface area contributed by atoms with Crippen molar-refractivity contribution in [3.63, 3.8) is 0 Å². The molecule has 0 aliphatic rings. The Kier molecular flexibility index (Phi) is 3.66. The summed E-state index contributed by atoms with van der Waals surface area (Å²) in [6.07, 6.45) is 6.38. The number of hydrogen-bond acceptors (Lipinski definition) is 3. The van der Waals surface area contributed by atoms with Crippen LogP contribution in [0.3, 0.4) is 0 Å². The maximum atomic E-state index is 4.38. The van der Waals surface area contributed by atoms with Crippen molar-refractivity contribution in [2.24, 2.45) is 0 Å². The molecular formula is C12H16N4. The van der Waals surface area contributed by atoms with Gasteiger partial charge >= 0.3 is 0 Å². The quantitative estimate of drug-likeness (QED) is 0.799. The van der Waals surface area contributed by atoms with Gasteiger partial charge in [0.2, 0.25) is 0 Å². The van der Waals surface area contributed by atoms with Gasteiger partial charge in [0.05, 0.1) is 12.0 Å². The molecule has 0 atom stereocenters. The Balaban J connectivity index is 1.89. The lowest BCUT2D eigenvalue weighted by atomic mass is 10.1. The highest BCUT2D eigenvalue weighted by atomic mass is 14.9. The predicted octanol–water partition coefficient (Wildman–Crippen LogP) is 1.66. The fraction of sp³-hybridized carbons (Fsp3) is 0.333. The van der Waals surface area contributed by atoms with Gasteiger partial charge in [-0.25, -0.2) is 4.98 Å². The maximum Gasteiger partial charge on any atom is 0.0922 e. The number of H-pyrrole nitrogens is 1. The van der Waals surface area contributed by atoms with Crippen molar-refractivity contribution < 1.29 is 0 Å². The van der Waals surface area contributed by atoms with Crippen LogP contribution in [0, 0.1) is 0 Å². The third kappa shape index (κ3) is 2.67. The molecule has 0 fully saturated rings. The molecule has 0 aromatic carbocycles. The number of pyridine rings is 1. The third-order valence-corrected chi connectivity index (χ3v) is 2.53. The molecule has 2 heterocycles. The average molecular weight is 216 g/mol. The fourth-order valence-corrected chi connectivity index (χ4v) is 1.65. The molecular weight excluding hydrogens is 200 g/mol. The number of aromatic nitrogens is 3. The summed E-state index contributed by atoms with van der Waals surface area (Å²) in [5.74, 6) is 0. The normalized spacial score (nSPS) is 10.6. The molecule has 0 amide bonds. The van der Waals surface area contributed by atoms with E-state index in [2.05, 4.69) is 33.3 Å². The van der Waals surface area contributed by atoms with E-state index < -0.39 is 0 Å². The van der Waals surface area contributed by atoms with Crippen LogP contribution in [0.2, 0.25) is 0 Å². The maximum absolute atomic E-state index is 4.38. The molecule has 0 radical (unpaired) electrons. The number of imidazole rings is 1. The van der Waals surface area contributed by atoms with Crippen molar-refractivity contribution in [1.82, 2.24) is 20.3 Å². The van der Waals surface area contributed by atoms with E-state index in [1.807, 2.05) is 18.5 Å². The van der Waals surface area contributed by atoms with Gasteiger partial charge in [0.1, 0.15) is 0 Å². The summed E-state index contributed by atoms with van der Waals surface area (Å²) < 4.78 is 0. The summed E-state index contributed by atoms with van der Waals surface area (Å²) in [6.45, 7) is 3.73. The molecule has 84 valence electrons. The molecule has 0 unspecified atom stereocenters. The van der Waals surface area contributed by atoms with Crippen molar-refractivity contribution in [1.29, 1.82) is 0 Å². The van der Waals surface area contributed by atoms with Crippen LogP contribution < -0.4 is 5.32 Å². The van der Waals surface area contributed by atoms with Crippen LogP contribution >= 0.6 is 0 Å². The minimum Gasteiger partial charge on any atom is -0.347 e. The van der Waals surface area contributed by atoms with Gasteiger partial charge in [-0.1, -0.05) is 13.0 Å². The fourth-order valence-electron chi connectivity index (χ4n) is 1.65. The summed E-state index contributed by atoms with van der Waals surface area (Å²) in [5, 5.41) is 3.35. The van der Waals surface area contributed by atoms with E-state index in [9.17, 15) is 0 Å². The zero-order valence-electron chi connectivity index (χ0n) is 9.40. The minimum absolute atomic E-state index is 0.791. The van der Waals surface area contributed by atoms with Crippen LogP contribution in [0.15, 0.2) is 30.9 Å².